The van der Waals surface area contributed by atoms with Crippen molar-refractivity contribution in [1.82, 2.24) is 9.66 Å². The second-order valence-corrected chi connectivity index (χ2v) is 6.10. The predicted molar refractivity (Wildman–Crippen MR) is 99.6 cm³/mol. The average molecular weight is 367 g/mol. The molecule has 0 atom stereocenters. The number of nitro groups is 1. The molecule has 1 aliphatic rings. The number of nitrogens with zero attached hydrogens (tertiary/aromatic N) is 4. The SMILES string of the molecule is O=C(Nn1cnc2ccccc21)c1ccc(N2CCOCC2)c([N+](=O)[O-])c1. The number of carbonyl (C=O) groups is 1. The summed E-state index contributed by atoms with van der Waals surface area (Å²) in [5.41, 5.74) is 4.79. The van der Waals surface area contributed by atoms with Gasteiger partial charge in [0.15, 0.2) is 0 Å². The normalized spacial score (nSPS) is 14.3. The predicted octanol–water partition coefficient (Wildman–Crippen LogP) is 2.17. The number of para-hydroxylation sites is 2. The Labute approximate surface area is 154 Å². The minimum Gasteiger partial charge on any atom is -0.378 e. The summed E-state index contributed by atoms with van der Waals surface area (Å²) in [6.07, 6.45) is 1.50. The maximum Gasteiger partial charge on any atom is 0.293 e. The Hall–Kier alpha value is -3.46. The van der Waals surface area contributed by atoms with Crippen LogP contribution in [0.5, 0.6) is 0 Å². The Morgan fingerprint density at radius 3 is 2.74 bits per heavy atom. The van der Waals surface area contributed by atoms with Crippen molar-refractivity contribution >= 4 is 28.3 Å². The number of morpholine rings is 1. The van der Waals surface area contributed by atoms with Crippen LogP contribution in [0.15, 0.2) is 48.8 Å². The summed E-state index contributed by atoms with van der Waals surface area (Å²) < 4.78 is 6.79. The fourth-order valence-electron chi connectivity index (χ4n) is 3.10. The lowest BCUT2D eigenvalue weighted by molar-refractivity contribution is -0.384. The summed E-state index contributed by atoms with van der Waals surface area (Å²) in [4.78, 5) is 29.8. The number of hydrogen-bond acceptors (Lipinski definition) is 6. The van der Waals surface area contributed by atoms with Crippen molar-refractivity contribution in [2.75, 3.05) is 36.6 Å². The van der Waals surface area contributed by atoms with Gasteiger partial charge in [0.1, 0.15) is 12.0 Å². The largest absolute Gasteiger partial charge is 0.378 e. The fourth-order valence-corrected chi connectivity index (χ4v) is 3.10. The van der Waals surface area contributed by atoms with Gasteiger partial charge in [0.25, 0.3) is 11.6 Å². The smallest absolute Gasteiger partial charge is 0.293 e. The second-order valence-electron chi connectivity index (χ2n) is 6.10. The van der Waals surface area contributed by atoms with Crippen LogP contribution >= 0.6 is 0 Å². The first-order chi connectivity index (χ1) is 13.1. The molecule has 1 saturated heterocycles. The third kappa shape index (κ3) is 3.32. The summed E-state index contributed by atoms with van der Waals surface area (Å²) in [6, 6.07) is 11.9. The standard InChI is InChI=1S/C18H17N5O4/c24-18(20-22-12-19-14-3-1-2-4-15(14)22)13-5-6-16(17(11-13)23(25)26)21-7-9-27-10-8-21/h1-6,11-12H,7-10H2,(H,20,24). The van der Waals surface area contributed by atoms with E-state index in [0.717, 1.165) is 11.0 Å². The number of aromatic nitrogens is 2. The van der Waals surface area contributed by atoms with Gasteiger partial charge in [-0.05, 0) is 24.3 Å². The van der Waals surface area contributed by atoms with Crippen LogP contribution in [0.1, 0.15) is 10.4 Å². The molecule has 3 aromatic rings. The molecule has 9 nitrogen and oxygen atoms in total. The zero-order valence-corrected chi connectivity index (χ0v) is 14.4. The lowest BCUT2D eigenvalue weighted by Crippen LogP contribution is -2.36. The van der Waals surface area contributed by atoms with Crippen LogP contribution in [0, 0.1) is 10.1 Å². The van der Waals surface area contributed by atoms with Gasteiger partial charge in [0, 0.05) is 24.7 Å². The van der Waals surface area contributed by atoms with E-state index in [1.54, 1.807) is 12.1 Å². The molecule has 138 valence electrons. The van der Waals surface area contributed by atoms with Crippen molar-refractivity contribution < 1.29 is 14.5 Å². The molecule has 0 bridgehead atoms. The maximum absolute atomic E-state index is 12.6. The van der Waals surface area contributed by atoms with Crippen LogP contribution in [0.25, 0.3) is 11.0 Å². The second kappa shape index (κ2) is 7.04. The highest BCUT2D eigenvalue weighted by Crippen LogP contribution is 2.30. The Morgan fingerprint density at radius 2 is 1.96 bits per heavy atom. The van der Waals surface area contributed by atoms with E-state index in [4.69, 9.17) is 4.74 Å². The van der Waals surface area contributed by atoms with Crippen LogP contribution < -0.4 is 10.3 Å². The van der Waals surface area contributed by atoms with Crippen LogP contribution in [0.3, 0.4) is 0 Å². The van der Waals surface area contributed by atoms with Gasteiger partial charge in [-0.25, -0.2) is 9.66 Å². The van der Waals surface area contributed by atoms with E-state index in [-0.39, 0.29) is 11.3 Å². The van der Waals surface area contributed by atoms with Crippen LogP contribution in [0.4, 0.5) is 11.4 Å². The highest BCUT2D eigenvalue weighted by Gasteiger charge is 2.23. The number of ether oxygens (including phenoxy) is 1. The van der Waals surface area contributed by atoms with Gasteiger partial charge in [-0.1, -0.05) is 12.1 Å². The molecule has 0 radical (unpaired) electrons. The van der Waals surface area contributed by atoms with Crippen molar-refractivity contribution in [2.24, 2.45) is 0 Å². The van der Waals surface area contributed by atoms with Crippen molar-refractivity contribution in [3.63, 3.8) is 0 Å². The zero-order valence-electron chi connectivity index (χ0n) is 14.4. The van der Waals surface area contributed by atoms with Crippen molar-refractivity contribution in [3.05, 3.63) is 64.5 Å². The topological polar surface area (TPSA) is 103 Å². The molecule has 2 heterocycles. The Kier molecular flexibility index (Phi) is 4.43. The molecule has 0 aliphatic carbocycles. The number of fused-ring (bicyclic) bond motifs is 1. The van der Waals surface area contributed by atoms with Gasteiger partial charge in [0.05, 0.1) is 29.2 Å². The van der Waals surface area contributed by atoms with Gasteiger partial charge < -0.3 is 9.64 Å². The number of nitro benzene ring substituents is 1. The molecule has 1 fully saturated rings. The number of amides is 1. The van der Waals surface area contributed by atoms with E-state index in [9.17, 15) is 14.9 Å². The maximum atomic E-state index is 12.6. The van der Waals surface area contributed by atoms with Crippen LogP contribution in [-0.4, -0.2) is 46.8 Å². The summed E-state index contributed by atoms with van der Waals surface area (Å²) in [5.74, 6) is -0.449. The molecule has 4 rings (SSSR count). The number of anilines is 1. The third-order valence-corrected chi connectivity index (χ3v) is 4.46. The van der Waals surface area contributed by atoms with E-state index >= 15 is 0 Å². The van der Waals surface area contributed by atoms with E-state index in [0.29, 0.717) is 32.0 Å². The summed E-state index contributed by atoms with van der Waals surface area (Å²) >= 11 is 0. The highest BCUT2D eigenvalue weighted by atomic mass is 16.6. The summed E-state index contributed by atoms with van der Waals surface area (Å²) in [5, 5.41) is 11.5. The lowest BCUT2D eigenvalue weighted by atomic mass is 10.1. The van der Waals surface area contributed by atoms with Crippen LogP contribution in [0.2, 0.25) is 0 Å². The Bertz CT molecular complexity index is 1010. The van der Waals surface area contributed by atoms with Gasteiger partial charge in [0.2, 0.25) is 0 Å². The minimum absolute atomic E-state index is 0.0972. The van der Waals surface area contributed by atoms with Gasteiger partial charge >= 0.3 is 0 Å². The van der Waals surface area contributed by atoms with E-state index in [2.05, 4.69) is 10.4 Å². The lowest BCUT2D eigenvalue weighted by Gasteiger charge is -2.28. The third-order valence-electron chi connectivity index (χ3n) is 4.46. The first-order valence-electron chi connectivity index (χ1n) is 8.48. The van der Waals surface area contributed by atoms with Gasteiger partial charge in [-0.2, -0.15) is 0 Å². The fraction of sp³-hybridized carbons (Fsp3) is 0.222. The Balaban J connectivity index is 1.62. The molecule has 1 N–H and O–H groups in total. The molecule has 9 heteroatoms. The van der Waals surface area contributed by atoms with Gasteiger partial charge in [-0.3, -0.25) is 20.3 Å². The number of carbonyl (C=O) groups excluding carboxylic acids is 1. The molecule has 1 amide bonds. The molecule has 1 aromatic heterocycles. The number of imidazole rings is 1. The quantitative estimate of drug-likeness (QED) is 0.560. The molecule has 0 unspecified atom stereocenters. The summed E-state index contributed by atoms with van der Waals surface area (Å²) in [7, 11) is 0. The molecule has 27 heavy (non-hydrogen) atoms. The Morgan fingerprint density at radius 1 is 1.19 bits per heavy atom. The van der Waals surface area contributed by atoms with Crippen molar-refractivity contribution in [3.8, 4) is 0 Å². The zero-order chi connectivity index (χ0) is 18.8. The molecular formula is C18H17N5O4. The number of hydrogen-bond donors (Lipinski definition) is 1. The average Bonchev–Trinajstić information content (AvgIpc) is 3.11. The summed E-state index contributed by atoms with van der Waals surface area (Å²) in [6.45, 7) is 2.20. The van der Waals surface area contributed by atoms with E-state index < -0.39 is 10.8 Å². The molecular weight excluding hydrogens is 350 g/mol. The van der Waals surface area contributed by atoms with Gasteiger partial charge in [-0.15, -0.1) is 0 Å². The highest BCUT2D eigenvalue weighted by molar-refractivity contribution is 6.01. The number of benzene rings is 2. The molecule has 2 aromatic carbocycles. The molecule has 0 spiro atoms. The van der Waals surface area contributed by atoms with Crippen molar-refractivity contribution in [2.45, 2.75) is 0 Å². The first-order valence-corrected chi connectivity index (χ1v) is 8.48. The van der Waals surface area contributed by atoms with E-state index in [1.807, 2.05) is 29.2 Å². The molecule has 0 saturated carbocycles. The first kappa shape index (κ1) is 17.0. The molecule has 1 aliphatic heterocycles. The van der Waals surface area contributed by atoms with Crippen LogP contribution in [-0.2, 0) is 4.74 Å². The number of nitrogens with one attached hydrogen (secondary N) is 1. The minimum atomic E-state index is -0.464. The van der Waals surface area contributed by atoms with Crippen molar-refractivity contribution in [1.29, 1.82) is 0 Å². The number of rotatable bonds is 4. The monoisotopic (exact) mass is 367 g/mol. The van der Waals surface area contributed by atoms with E-state index in [1.165, 1.54) is 17.1 Å².